The summed E-state index contributed by atoms with van der Waals surface area (Å²) >= 11 is 0. The molecule has 0 radical (unpaired) electrons. The first-order chi connectivity index (χ1) is 16.1. The molecule has 186 valence electrons. The Morgan fingerprint density at radius 2 is 1.97 bits per heavy atom. The summed E-state index contributed by atoms with van der Waals surface area (Å²) in [7, 11) is -0.0583. The van der Waals surface area contributed by atoms with E-state index in [0.717, 1.165) is 29.3 Å². The van der Waals surface area contributed by atoms with Crippen LogP contribution in [0.2, 0.25) is 0 Å². The minimum absolute atomic E-state index is 0.0230. The molecule has 0 aromatic heterocycles. The third-order valence-corrected chi connectivity index (χ3v) is 7.83. The van der Waals surface area contributed by atoms with E-state index < -0.39 is 15.6 Å². The number of nitrogens with two attached hydrogens (primary N) is 2. The molecular weight excluding hydrogens is 452 g/mol. The number of benzene rings is 2. The summed E-state index contributed by atoms with van der Waals surface area (Å²) in [5.41, 5.74) is 10.6. The van der Waals surface area contributed by atoms with Crippen molar-refractivity contribution in [3.05, 3.63) is 36.4 Å². The minimum atomic E-state index is -3.95. The molecule has 1 heterocycles. The van der Waals surface area contributed by atoms with Crippen LogP contribution in [0.25, 0.3) is 10.8 Å². The van der Waals surface area contributed by atoms with Crippen LogP contribution in [0.3, 0.4) is 0 Å². The molecule has 2 aromatic carbocycles. The Labute approximate surface area is 202 Å². The van der Waals surface area contributed by atoms with Crippen molar-refractivity contribution < 1.29 is 13.2 Å². The molecule has 9 nitrogen and oxygen atoms in total. The highest BCUT2D eigenvalue weighted by atomic mass is 32.2. The molecule has 10 heteroatoms. The molecule has 1 aliphatic rings. The highest BCUT2D eigenvalue weighted by Gasteiger charge is 2.48. The van der Waals surface area contributed by atoms with Gasteiger partial charge in [0.2, 0.25) is 15.9 Å². The first-order valence-corrected chi connectivity index (χ1v) is 13.2. The van der Waals surface area contributed by atoms with Crippen molar-refractivity contribution in [1.29, 1.82) is 0 Å². The van der Waals surface area contributed by atoms with Crippen molar-refractivity contribution in [3.8, 4) is 0 Å². The summed E-state index contributed by atoms with van der Waals surface area (Å²) in [4.78, 5) is 21.3. The van der Waals surface area contributed by atoms with E-state index in [2.05, 4.69) is 16.6 Å². The lowest BCUT2D eigenvalue weighted by Crippen LogP contribution is -2.54. The number of hydrogen-bond donors (Lipinski definition) is 3. The number of guanidine groups is 1. The number of nitrogens with one attached hydrogen (secondary N) is 1. The van der Waals surface area contributed by atoms with Crippen molar-refractivity contribution in [1.82, 2.24) is 9.62 Å². The fourth-order valence-electron chi connectivity index (χ4n) is 4.48. The molecule has 5 N–H and O–H groups in total. The Bertz CT molecular complexity index is 1160. The van der Waals surface area contributed by atoms with E-state index in [1.807, 2.05) is 43.3 Å². The van der Waals surface area contributed by atoms with Crippen LogP contribution in [-0.4, -0.2) is 64.5 Å². The summed E-state index contributed by atoms with van der Waals surface area (Å²) < 4.78 is 29.8. The van der Waals surface area contributed by atoms with E-state index in [0.29, 0.717) is 38.9 Å². The molecular formula is C24H36N6O3S. The maximum Gasteiger partial charge on any atom is 0.243 e. The Kier molecular flexibility index (Phi) is 8.04. The van der Waals surface area contributed by atoms with Gasteiger partial charge in [-0.25, -0.2) is 8.42 Å². The fourth-order valence-corrected chi connectivity index (χ4v) is 5.94. The van der Waals surface area contributed by atoms with E-state index in [9.17, 15) is 13.2 Å². The second-order valence-electron chi connectivity index (χ2n) is 9.05. The standard InChI is InChI=1S/C24H36N6O3S/c1-4-5-15-30-16-13-24(22(30)31,12-7-14-27-23(25)26)28-34(32,33)19-10-11-20-18(17-19)8-6-9-21(20)29(2)3/h6,8-11,17,28H,4-5,7,12-16H2,1-3H3,(H4,25,26,27). The van der Waals surface area contributed by atoms with Gasteiger partial charge in [0.15, 0.2) is 5.96 Å². The number of unbranched alkanes of at least 4 members (excludes halogenated alkanes) is 1. The average molecular weight is 489 g/mol. The third kappa shape index (κ3) is 5.61. The zero-order valence-electron chi connectivity index (χ0n) is 20.3. The topological polar surface area (TPSA) is 134 Å². The molecule has 1 atom stereocenters. The van der Waals surface area contributed by atoms with Crippen molar-refractivity contribution >= 4 is 38.3 Å². The lowest BCUT2D eigenvalue weighted by atomic mass is 9.93. The van der Waals surface area contributed by atoms with Crippen molar-refractivity contribution in [2.45, 2.75) is 49.5 Å². The Balaban J connectivity index is 1.91. The highest BCUT2D eigenvalue weighted by Crippen LogP contribution is 2.32. The van der Waals surface area contributed by atoms with Crippen LogP contribution >= 0.6 is 0 Å². The van der Waals surface area contributed by atoms with E-state index in [1.54, 1.807) is 17.0 Å². The molecule has 2 aromatic rings. The second-order valence-corrected chi connectivity index (χ2v) is 10.7. The van der Waals surface area contributed by atoms with Gasteiger partial charge in [-0.15, -0.1) is 0 Å². The molecule has 1 aliphatic heterocycles. The fraction of sp³-hybridized carbons (Fsp3) is 0.500. The lowest BCUT2D eigenvalue weighted by molar-refractivity contribution is -0.132. The van der Waals surface area contributed by atoms with Gasteiger partial charge >= 0.3 is 0 Å². The molecule has 0 bridgehead atoms. The van der Waals surface area contributed by atoms with Gasteiger partial charge in [-0.05, 0) is 49.3 Å². The number of carbonyl (C=O) groups excluding carboxylic acids is 1. The Morgan fingerprint density at radius 3 is 2.65 bits per heavy atom. The zero-order valence-corrected chi connectivity index (χ0v) is 21.1. The Hall–Kier alpha value is -2.85. The largest absolute Gasteiger partial charge is 0.377 e. The van der Waals surface area contributed by atoms with Gasteiger partial charge in [0.05, 0.1) is 4.90 Å². The van der Waals surface area contributed by atoms with Crippen LogP contribution in [0.15, 0.2) is 46.3 Å². The van der Waals surface area contributed by atoms with E-state index in [-0.39, 0.29) is 16.8 Å². The predicted octanol–water partition coefficient (Wildman–Crippen LogP) is 2.01. The van der Waals surface area contributed by atoms with Crippen molar-refractivity contribution in [2.75, 3.05) is 38.6 Å². The highest BCUT2D eigenvalue weighted by molar-refractivity contribution is 7.89. The molecule has 0 spiro atoms. The van der Waals surface area contributed by atoms with Crippen LogP contribution in [0.5, 0.6) is 0 Å². The van der Waals surface area contributed by atoms with Crippen molar-refractivity contribution in [2.24, 2.45) is 16.5 Å². The van der Waals surface area contributed by atoms with Crippen LogP contribution < -0.4 is 21.1 Å². The smallest absolute Gasteiger partial charge is 0.243 e. The number of amides is 1. The summed E-state index contributed by atoms with van der Waals surface area (Å²) in [6.45, 7) is 3.54. The number of aliphatic imine (C=N–C) groups is 1. The molecule has 3 rings (SSSR count). The number of hydrogen-bond acceptors (Lipinski definition) is 5. The SMILES string of the molecule is CCCCN1CCC(CCCN=C(N)N)(NS(=O)(=O)c2ccc3c(N(C)C)cccc3c2)C1=O. The number of fused-ring (bicyclic) bond motifs is 1. The molecule has 0 saturated carbocycles. The first-order valence-electron chi connectivity index (χ1n) is 11.7. The quantitative estimate of drug-likeness (QED) is 0.252. The molecule has 1 fully saturated rings. The van der Waals surface area contributed by atoms with Crippen LogP contribution in [-0.2, 0) is 14.8 Å². The Morgan fingerprint density at radius 1 is 1.21 bits per heavy atom. The summed E-state index contributed by atoms with van der Waals surface area (Å²) in [5, 5.41) is 1.78. The third-order valence-electron chi connectivity index (χ3n) is 6.29. The maximum atomic E-state index is 13.5. The number of anilines is 1. The number of likely N-dealkylation sites (tertiary alicyclic amines) is 1. The van der Waals surface area contributed by atoms with Gasteiger partial charge in [0, 0.05) is 44.8 Å². The van der Waals surface area contributed by atoms with Crippen LogP contribution in [0, 0.1) is 0 Å². The number of sulfonamides is 1. The lowest BCUT2D eigenvalue weighted by Gasteiger charge is -2.29. The van der Waals surface area contributed by atoms with Gasteiger partial charge in [0.1, 0.15) is 5.54 Å². The van der Waals surface area contributed by atoms with Gasteiger partial charge in [0.25, 0.3) is 0 Å². The number of rotatable bonds is 11. The molecule has 0 aliphatic carbocycles. The van der Waals surface area contributed by atoms with Crippen molar-refractivity contribution in [3.63, 3.8) is 0 Å². The van der Waals surface area contributed by atoms with Gasteiger partial charge in [-0.1, -0.05) is 31.5 Å². The zero-order chi connectivity index (χ0) is 24.9. The van der Waals surface area contributed by atoms with Crippen LogP contribution in [0.1, 0.15) is 39.0 Å². The van der Waals surface area contributed by atoms with Gasteiger partial charge in [-0.3, -0.25) is 9.79 Å². The molecule has 1 unspecified atom stereocenters. The summed E-state index contributed by atoms with van der Waals surface area (Å²) in [6.07, 6.45) is 3.05. The normalized spacial score (nSPS) is 18.4. The van der Waals surface area contributed by atoms with E-state index in [1.165, 1.54) is 0 Å². The van der Waals surface area contributed by atoms with E-state index >= 15 is 0 Å². The molecule has 34 heavy (non-hydrogen) atoms. The second kappa shape index (κ2) is 10.6. The summed E-state index contributed by atoms with van der Waals surface area (Å²) in [6, 6.07) is 10.8. The summed E-state index contributed by atoms with van der Waals surface area (Å²) in [5.74, 6) is -0.199. The molecule has 1 saturated heterocycles. The number of carbonyl (C=O) groups is 1. The maximum absolute atomic E-state index is 13.5. The minimum Gasteiger partial charge on any atom is -0.377 e. The monoisotopic (exact) mass is 488 g/mol. The van der Waals surface area contributed by atoms with Gasteiger partial charge < -0.3 is 21.3 Å². The first kappa shape index (κ1) is 25.8. The molecule has 1 amide bonds. The van der Waals surface area contributed by atoms with Crippen LogP contribution in [0.4, 0.5) is 5.69 Å². The van der Waals surface area contributed by atoms with Gasteiger partial charge in [-0.2, -0.15) is 4.72 Å². The average Bonchev–Trinajstić information content (AvgIpc) is 3.09. The predicted molar refractivity (Wildman–Crippen MR) is 137 cm³/mol. The van der Waals surface area contributed by atoms with E-state index in [4.69, 9.17) is 11.5 Å². The number of nitrogens with zero attached hydrogens (tertiary/aromatic N) is 3.